The van der Waals surface area contributed by atoms with Crippen LogP contribution in [0.3, 0.4) is 0 Å². The van der Waals surface area contributed by atoms with Gasteiger partial charge in [0.15, 0.2) is 0 Å². The highest BCUT2D eigenvalue weighted by atomic mass is 19.4. The molecule has 0 heterocycles. The average Bonchev–Trinajstić information content (AvgIpc) is 2.53. The van der Waals surface area contributed by atoms with Crippen LogP contribution in [0.15, 0.2) is 0 Å². The molecule has 0 radical (unpaired) electrons. The second-order valence-electron chi connectivity index (χ2n) is 4.87. The molecule has 0 aromatic heterocycles. The second-order valence-corrected chi connectivity index (χ2v) is 4.87. The molecule has 0 N–H and O–H groups in total. The normalized spacial score (nSPS) is 15.3. The third-order valence-corrected chi connectivity index (χ3v) is 3.05. The van der Waals surface area contributed by atoms with Crippen molar-refractivity contribution in [1.82, 2.24) is 0 Å². The zero-order valence-corrected chi connectivity index (χ0v) is 12.8. The minimum Gasteiger partial charge on any atom is -0.353 e. The van der Waals surface area contributed by atoms with Crippen molar-refractivity contribution in [2.24, 2.45) is 0 Å². The molecule has 0 spiro atoms. The Morgan fingerprint density at radius 1 is 0.367 bits per heavy atom. The molecule has 0 saturated heterocycles. The second kappa shape index (κ2) is 7.01. The van der Waals surface area contributed by atoms with E-state index in [0.29, 0.717) is 0 Å². The van der Waals surface area contributed by atoms with E-state index < -0.39 is 60.3 Å². The van der Waals surface area contributed by atoms with Crippen molar-refractivity contribution in [3.8, 4) is 12.5 Å². The van der Waals surface area contributed by atoms with Crippen LogP contribution in [-0.2, 0) is 9.47 Å². The Balaban J connectivity index is 6.76. The Kier molecular flexibility index (Phi) is 6.42. The predicted octanol–water partition coefficient (Wildman–Crippen LogP) is 4.98. The first-order chi connectivity index (χ1) is 12.9. The standard InChI is InChI=1S/C10F16N2O2/c11-3(12,5(15,16)7(19,20)9(23,24)29-1-27)4(13,14)6(17,18)8(21,22)10(25,26)30-2-28. The molecular formula is C10F16N2O2. The van der Waals surface area contributed by atoms with E-state index in [4.69, 9.17) is 10.5 Å². The van der Waals surface area contributed by atoms with E-state index in [1.54, 1.807) is 0 Å². The molecule has 0 saturated carbocycles. The molecule has 4 nitrogen and oxygen atoms in total. The number of halogens is 16. The maximum Gasteiger partial charge on any atom is 0.480 e. The fourth-order valence-electron chi connectivity index (χ4n) is 1.40. The van der Waals surface area contributed by atoms with Crippen LogP contribution in [0.4, 0.5) is 70.2 Å². The quantitative estimate of drug-likeness (QED) is 0.342. The van der Waals surface area contributed by atoms with Crippen molar-refractivity contribution in [3.05, 3.63) is 0 Å². The molecule has 0 aliphatic carbocycles. The summed E-state index contributed by atoms with van der Waals surface area (Å²) in [5.41, 5.74) is 0. The summed E-state index contributed by atoms with van der Waals surface area (Å²) in [6, 6.07) is 0. The highest BCUT2D eigenvalue weighted by molar-refractivity contribution is 5.14. The molecule has 0 amide bonds. The van der Waals surface area contributed by atoms with Crippen molar-refractivity contribution < 1.29 is 79.7 Å². The van der Waals surface area contributed by atoms with Crippen LogP contribution < -0.4 is 0 Å². The van der Waals surface area contributed by atoms with Gasteiger partial charge in [-0.25, -0.2) is 0 Å². The van der Waals surface area contributed by atoms with E-state index in [9.17, 15) is 70.2 Å². The highest BCUT2D eigenvalue weighted by Crippen LogP contribution is 2.63. The molecule has 20 heteroatoms. The Labute approximate surface area is 152 Å². The topological polar surface area (TPSA) is 66.0 Å². The number of hydrogen-bond acceptors (Lipinski definition) is 4. The lowest BCUT2D eigenvalue weighted by Crippen LogP contribution is -2.75. The maximum atomic E-state index is 13.2. The summed E-state index contributed by atoms with van der Waals surface area (Å²) in [6.07, 6.45) is -15.1. The number of nitriles is 2. The predicted molar refractivity (Wildman–Crippen MR) is 53.0 cm³/mol. The molecule has 0 fully saturated rings. The number of ether oxygens (including phenoxy) is 2. The highest BCUT2D eigenvalue weighted by Gasteiger charge is 2.96. The van der Waals surface area contributed by atoms with E-state index >= 15 is 0 Å². The van der Waals surface area contributed by atoms with Crippen LogP contribution in [0.1, 0.15) is 0 Å². The summed E-state index contributed by atoms with van der Waals surface area (Å²) < 4.78 is 212. The molecule has 0 aromatic rings. The molecule has 0 unspecified atom stereocenters. The molecule has 174 valence electrons. The zero-order chi connectivity index (χ0) is 24.8. The van der Waals surface area contributed by atoms with Crippen LogP contribution in [0.5, 0.6) is 0 Å². The van der Waals surface area contributed by atoms with E-state index in [0.717, 1.165) is 0 Å². The van der Waals surface area contributed by atoms with Crippen molar-refractivity contribution >= 4 is 0 Å². The summed E-state index contributed by atoms with van der Waals surface area (Å²) in [7, 11) is 0. The number of nitrogens with zero attached hydrogens (tertiary/aromatic N) is 2. The van der Waals surface area contributed by atoms with Gasteiger partial charge in [0.05, 0.1) is 0 Å². The minimum atomic E-state index is -8.65. The van der Waals surface area contributed by atoms with Crippen LogP contribution in [0, 0.1) is 23.0 Å². The first-order valence-electron chi connectivity index (χ1n) is 6.04. The average molecular weight is 484 g/mol. The fourth-order valence-corrected chi connectivity index (χ4v) is 1.40. The van der Waals surface area contributed by atoms with Crippen LogP contribution in [0.25, 0.3) is 0 Å². The van der Waals surface area contributed by atoms with Gasteiger partial charge in [0.1, 0.15) is 0 Å². The zero-order valence-electron chi connectivity index (χ0n) is 12.8. The van der Waals surface area contributed by atoms with Gasteiger partial charge in [0.25, 0.3) is 12.5 Å². The van der Waals surface area contributed by atoms with Crippen LogP contribution in [0.2, 0.25) is 0 Å². The van der Waals surface area contributed by atoms with E-state index in [2.05, 4.69) is 0 Å². The van der Waals surface area contributed by atoms with Crippen molar-refractivity contribution in [3.63, 3.8) is 0 Å². The van der Waals surface area contributed by atoms with E-state index in [1.165, 1.54) is 0 Å². The summed E-state index contributed by atoms with van der Waals surface area (Å²) >= 11 is 0. The van der Waals surface area contributed by atoms with Crippen molar-refractivity contribution in [2.75, 3.05) is 0 Å². The summed E-state index contributed by atoms with van der Waals surface area (Å²) in [5.74, 6) is -50.2. The minimum absolute atomic E-state index is 0.445. The molecule has 0 bridgehead atoms. The fraction of sp³-hybridized carbons (Fsp3) is 0.800. The first kappa shape index (κ1) is 27.5. The van der Waals surface area contributed by atoms with Gasteiger partial charge in [-0.3, -0.25) is 0 Å². The third-order valence-electron chi connectivity index (χ3n) is 3.05. The molecule has 30 heavy (non-hydrogen) atoms. The Morgan fingerprint density at radius 2 is 0.533 bits per heavy atom. The molecule has 0 aliphatic heterocycles. The molecule has 0 atom stereocenters. The SMILES string of the molecule is N#COC(F)(F)C(F)(F)C(F)(F)C(F)(F)C(F)(F)C(F)(F)C(F)(F)C(F)(F)OC#N. The molecule has 0 aromatic carbocycles. The lowest BCUT2D eigenvalue weighted by atomic mass is 9.90. The summed E-state index contributed by atoms with van der Waals surface area (Å²) in [6.45, 7) is 0. The number of rotatable bonds is 9. The van der Waals surface area contributed by atoms with Gasteiger partial charge in [-0.05, 0) is 0 Å². The lowest BCUT2D eigenvalue weighted by Gasteiger charge is -2.42. The van der Waals surface area contributed by atoms with Crippen LogP contribution in [-0.4, -0.2) is 47.8 Å². The van der Waals surface area contributed by atoms with Gasteiger partial charge in [-0.1, -0.05) is 0 Å². The van der Waals surface area contributed by atoms with Gasteiger partial charge in [0, 0.05) is 0 Å². The van der Waals surface area contributed by atoms with Gasteiger partial charge < -0.3 is 9.47 Å². The number of alkyl halides is 16. The Morgan fingerprint density at radius 3 is 0.700 bits per heavy atom. The van der Waals surface area contributed by atoms with E-state index in [1.807, 2.05) is 9.47 Å². The smallest absolute Gasteiger partial charge is 0.353 e. The lowest BCUT2D eigenvalue weighted by molar-refractivity contribution is -0.478. The van der Waals surface area contributed by atoms with Crippen molar-refractivity contribution in [2.45, 2.75) is 47.8 Å². The molecular weight excluding hydrogens is 484 g/mol. The third kappa shape index (κ3) is 3.25. The Hall–Kier alpha value is -2.54. The monoisotopic (exact) mass is 484 g/mol. The molecule has 0 aliphatic rings. The summed E-state index contributed by atoms with van der Waals surface area (Å²) in [5, 5.41) is 15.1. The maximum absolute atomic E-state index is 13.2. The van der Waals surface area contributed by atoms with Gasteiger partial charge in [-0.15, -0.1) is 0 Å². The van der Waals surface area contributed by atoms with Gasteiger partial charge >= 0.3 is 47.8 Å². The Bertz CT molecular complexity index is 671. The van der Waals surface area contributed by atoms with Gasteiger partial charge in [-0.2, -0.15) is 80.8 Å². The van der Waals surface area contributed by atoms with E-state index in [-0.39, 0.29) is 0 Å². The van der Waals surface area contributed by atoms with Gasteiger partial charge in [0.2, 0.25) is 0 Å². The molecule has 0 rings (SSSR count). The largest absolute Gasteiger partial charge is 0.480 e. The van der Waals surface area contributed by atoms with Crippen LogP contribution >= 0.6 is 0 Å². The number of hydrogen-bond donors (Lipinski definition) is 0. The van der Waals surface area contributed by atoms with Crippen molar-refractivity contribution in [1.29, 1.82) is 10.5 Å². The first-order valence-corrected chi connectivity index (χ1v) is 6.04. The summed E-state index contributed by atoms with van der Waals surface area (Å²) in [4.78, 5) is 0.